The summed E-state index contributed by atoms with van der Waals surface area (Å²) in [6.45, 7) is 4.24. The minimum atomic E-state index is -4.66. The van der Waals surface area contributed by atoms with Gasteiger partial charge in [0.1, 0.15) is 5.75 Å². The Morgan fingerprint density at radius 3 is 2.29 bits per heavy atom. The molecule has 0 N–H and O–H groups in total. The molecule has 0 aliphatic heterocycles. The molecule has 0 radical (unpaired) electrons. The van der Waals surface area contributed by atoms with E-state index < -0.39 is 6.36 Å². The molecule has 1 aromatic carbocycles. The van der Waals surface area contributed by atoms with Crippen LogP contribution in [0.3, 0.4) is 0 Å². The number of hydrogen-bond acceptors (Lipinski definition) is 2. The lowest BCUT2D eigenvalue weighted by Gasteiger charge is -2.24. The minimum Gasteiger partial charge on any atom is -0.406 e. The molecule has 0 aliphatic rings. The molecule has 118 valence electrons. The highest BCUT2D eigenvalue weighted by molar-refractivity contribution is 9.09. The van der Waals surface area contributed by atoms with E-state index in [1.54, 1.807) is 12.1 Å². The van der Waals surface area contributed by atoms with Crippen LogP contribution in [0.1, 0.15) is 20.3 Å². The van der Waals surface area contributed by atoms with Crippen LogP contribution in [-0.2, 0) is 0 Å². The summed E-state index contributed by atoms with van der Waals surface area (Å²) >= 11 is 3.38. The first-order valence-electron chi connectivity index (χ1n) is 6.57. The zero-order valence-electron chi connectivity index (χ0n) is 12.2. The van der Waals surface area contributed by atoms with E-state index >= 15 is 0 Å². The van der Waals surface area contributed by atoms with Crippen LogP contribution in [0.5, 0.6) is 5.75 Å². The van der Waals surface area contributed by atoms with Crippen LogP contribution < -0.4 is 9.64 Å². The van der Waals surface area contributed by atoms with Crippen molar-refractivity contribution in [3.63, 3.8) is 0 Å². The van der Waals surface area contributed by atoms with Gasteiger partial charge < -0.3 is 9.64 Å². The van der Waals surface area contributed by atoms with Crippen molar-refractivity contribution < 1.29 is 17.9 Å². The van der Waals surface area contributed by atoms with Gasteiger partial charge in [-0.1, -0.05) is 35.9 Å². The van der Waals surface area contributed by atoms with Crippen molar-refractivity contribution in [1.82, 2.24) is 0 Å². The fraction of sp³-hybridized carbons (Fsp3) is 0.467. The number of nitrogens with zero attached hydrogens (tertiary/aromatic N) is 1. The zero-order valence-corrected chi connectivity index (χ0v) is 13.8. The predicted octanol–water partition coefficient (Wildman–Crippen LogP) is 5.35. The van der Waals surface area contributed by atoms with E-state index in [-0.39, 0.29) is 5.75 Å². The van der Waals surface area contributed by atoms with Crippen LogP contribution in [0, 0.1) is 5.92 Å². The molecule has 2 nitrogen and oxygen atoms in total. The normalized spacial score (nSPS) is 12.7. The number of hydrogen-bond donors (Lipinski definition) is 0. The molecule has 1 rings (SSSR count). The molecule has 0 amide bonds. The van der Waals surface area contributed by atoms with Gasteiger partial charge in [0.15, 0.2) is 0 Å². The molecule has 0 spiro atoms. The van der Waals surface area contributed by atoms with Gasteiger partial charge in [0, 0.05) is 23.8 Å². The van der Waals surface area contributed by atoms with Gasteiger partial charge in [-0.2, -0.15) is 0 Å². The molecule has 0 bridgehead atoms. The maximum Gasteiger partial charge on any atom is 0.573 e. The highest BCUT2D eigenvalue weighted by atomic mass is 79.9. The number of alkyl halides is 4. The molecular weight excluding hydrogens is 347 g/mol. The second-order valence-electron chi connectivity index (χ2n) is 5.05. The molecule has 0 aromatic heterocycles. The summed E-state index contributed by atoms with van der Waals surface area (Å²) in [6, 6.07) is 5.87. The third kappa shape index (κ3) is 6.42. The van der Waals surface area contributed by atoms with E-state index in [1.165, 1.54) is 12.1 Å². The number of benzene rings is 1. The number of rotatable bonds is 6. The van der Waals surface area contributed by atoms with Gasteiger partial charge in [-0.3, -0.25) is 0 Å². The van der Waals surface area contributed by atoms with Crippen LogP contribution in [-0.4, -0.2) is 18.7 Å². The van der Waals surface area contributed by atoms with Crippen molar-refractivity contribution in [3.8, 4) is 5.75 Å². The van der Waals surface area contributed by atoms with Gasteiger partial charge in [0.25, 0.3) is 0 Å². The molecule has 0 aliphatic carbocycles. The number of anilines is 1. The van der Waals surface area contributed by atoms with E-state index in [2.05, 4.69) is 40.6 Å². The van der Waals surface area contributed by atoms with Crippen LogP contribution in [0.2, 0.25) is 0 Å². The second-order valence-corrected chi connectivity index (χ2v) is 5.70. The summed E-state index contributed by atoms with van der Waals surface area (Å²) in [5.74, 6) is 0.278. The maximum atomic E-state index is 12.1. The Balaban J connectivity index is 2.86. The predicted molar refractivity (Wildman–Crippen MR) is 82.9 cm³/mol. The lowest BCUT2D eigenvalue weighted by molar-refractivity contribution is -0.274. The number of ether oxygens (including phenoxy) is 1. The van der Waals surface area contributed by atoms with E-state index in [0.29, 0.717) is 5.92 Å². The lowest BCUT2D eigenvalue weighted by atomic mass is 10.1. The summed E-state index contributed by atoms with van der Waals surface area (Å²) in [5.41, 5.74) is 1.93. The summed E-state index contributed by atoms with van der Waals surface area (Å²) in [7, 11) is 1.90. The molecule has 0 heterocycles. The Bertz CT molecular complexity index is 469. The highest BCUT2D eigenvalue weighted by Gasteiger charge is 2.31. The Kier molecular flexibility index (Phi) is 6.58. The van der Waals surface area contributed by atoms with Crippen LogP contribution in [0.4, 0.5) is 18.9 Å². The minimum absolute atomic E-state index is 0.213. The van der Waals surface area contributed by atoms with E-state index in [4.69, 9.17) is 0 Å². The summed E-state index contributed by atoms with van der Waals surface area (Å²) in [4.78, 5) is 1.97. The standard InChI is InChI=1S/C15H19BrF3NO/c1-11(2)10-13(8-9-16)20(3)12-4-6-14(7-5-12)21-15(17,18)19/h4-8,11H,9-10H2,1-3H3/b13-8-. The number of halogens is 4. The lowest BCUT2D eigenvalue weighted by Crippen LogP contribution is -2.19. The van der Waals surface area contributed by atoms with Crippen molar-refractivity contribution in [3.05, 3.63) is 36.0 Å². The van der Waals surface area contributed by atoms with Gasteiger partial charge in [0.05, 0.1) is 0 Å². The van der Waals surface area contributed by atoms with Gasteiger partial charge in [0.2, 0.25) is 0 Å². The van der Waals surface area contributed by atoms with Crippen LogP contribution in [0.25, 0.3) is 0 Å². The quantitative estimate of drug-likeness (QED) is 0.630. The van der Waals surface area contributed by atoms with E-state index in [0.717, 1.165) is 23.1 Å². The first-order valence-corrected chi connectivity index (χ1v) is 7.69. The Hall–Kier alpha value is -1.17. The largest absolute Gasteiger partial charge is 0.573 e. The Morgan fingerprint density at radius 2 is 1.86 bits per heavy atom. The molecule has 0 fully saturated rings. The third-order valence-electron chi connectivity index (χ3n) is 2.82. The SMILES string of the molecule is CC(C)C/C(=C/CBr)N(C)c1ccc(OC(F)(F)F)cc1. The summed E-state index contributed by atoms with van der Waals surface area (Å²) < 4.78 is 40.2. The van der Waals surface area contributed by atoms with E-state index in [9.17, 15) is 13.2 Å². The van der Waals surface area contributed by atoms with Crippen LogP contribution >= 0.6 is 15.9 Å². The van der Waals surface area contributed by atoms with Crippen LogP contribution in [0.15, 0.2) is 36.0 Å². The zero-order chi connectivity index (χ0) is 16.0. The number of allylic oxidation sites excluding steroid dienone is 2. The summed E-state index contributed by atoms with van der Waals surface area (Å²) in [6.07, 6.45) is -1.71. The monoisotopic (exact) mass is 365 g/mol. The molecule has 1 aromatic rings. The van der Waals surface area contributed by atoms with Gasteiger partial charge in [-0.05, 0) is 36.6 Å². The smallest absolute Gasteiger partial charge is 0.406 e. The van der Waals surface area contributed by atoms with Gasteiger partial charge in [-0.25, -0.2) is 0 Å². The Labute approximate surface area is 131 Å². The average Bonchev–Trinajstić information content (AvgIpc) is 2.36. The fourth-order valence-corrected chi connectivity index (χ4v) is 2.28. The van der Waals surface area contributed by atoms with Crippen molar-refractivity contribution in [2.45, 2.75) is 26.6 Å². The Morgan fingerprint density at radius 1 is 1.29 bits per heavy atom. The molecule has 6 heteroatoms. The third-order valence-corrected chi connectivity index (χ3v) is 3.14. The highest BCUT2D eigenvalue weighted by Crippen LogP contribution is 2.27. The molecule has 0 saturated heterocycles. The molecule has 0 atom stereocenters. The fourth-order valence-electron chi connectivity index (χ4n) is 1.90. The summed E-state index contributed by atoms with van der Waals surface area (Å²) in [5, 5.41) is 0.731. The van der Waals surface area contributed by atoms with Gasteiger partial charge in [-0.15, -0.1) is 13.2 Å². The maximum absolute atomic E-state index is 12.1. The van der Waals surface area contributed by atoms with Crippen molar-refractivity contribution in [1.29, 1.82) is 0 Å². The molecule has 0 saturated carbocycles. The average molecular weight is 366 g/mol. The van der Waals surface area contributed by atoms with Crippen molar-refractivity contribution >= 4 is 21.6 Å². The first kappa shape index (κ1) is 17.9. The van der Waals surface area contributed by atoms with Crippen molar-refractivity contribution in [2.75, 3.05) is 17.3 Å². The second kappa shape index (κ2) is 7.73. The van der Waals surface area contributed by atoms with Crippen molar-refractivity contribution in [2.24, 2.45) is 5.92 Å². The topological polar surface area (TPSA) is 12.5 Å². The first-order chi connectivity index (χ1) is 9.73. The molecular formula is C15H19BrF3NO. The molecule has 21 heavy (non-hydrogen) atoms. The van der Waals surface area contributed by atoms with E-state index in [1.807, 2.05) is 11.9 Å². The molecule has 0 unspecified atom stereocenters. The van der Waals surface area contributed by atoms with Gasteiger partial charge >= 0.3 is 6.36 Å².